The molecule has 2 atom stereocenters. The Hall–Kier alpha value is -3.37. The number of hydrogen-bond donors (Lipinski definition) is 1. The van der Waals surface area contributed by atoms with Crippen molar-refractivity contribution < 1.29 is 9.21 Å². The van der Waals surface area contributed by atoms with E-state index in [9.17, 15) is 4.79 Å². The van der Waals surface area contributed by atoms with Gasteiger partial charge in [0.1, 0.15) is 11.3 Å². The van der Waals surface area contributed by atoms with E-state index in [4.69, 9.17) is 4.42 Å². The fourth-order valence-corrected chi connectivity index (χ4v) is 5.44. The molecule has 4 aromatic rings. The highest BCUT2D eigenvalue weighted by Gasteiger charge is 2.28. The molecular weight excluding hydrogens is 408 g/mol. The Morgan fingerprint density at radius 2 is 1.82 bits per heavy atom. The van der Waals surface area contributed by atoms with Crippen molar-refractivity contribution >= 4 is 16.9 Å². The van der Waals surface area contributed by atoms with Crippen LogP contribution >= 0.6 is 0 Å². The number of nitrogens with zero attached hydrogens (tertiary/aromatic N) is 1. The van der Waals surface area contributed by atoms with Crippen LogP contribution in [-0.4, -0.2) is 17.9 Å². The molecule has 1 aliphatic heterocycles. The zero-order valence-corrected chi connectivity index (χ0v) is 19.1. The Kier molecular flexibility index (Phi) is 4.84. The topological polar surface area (TPSA) is 45.5 Å². The third kappa shape index (κ3) is 3.46. The Bertz CT molecular complexity index is 1360. The standard InChI is InChI=1S/C29H28N2O2/c1-18(19-7-4-3-5-8-19)30-26-10-6-9-24-25-16-21(12-14-27(25)33-28(24)26)20-11-13-23-22(15-20)17-31(2)29(23)32/h3-5,7-8,11-16,18,26,30H,6,9-10,17H2,1-2H3/t18-,26?/m1/s1. The van der Waals surface area contributed by atoms with E-state index in [-0.39, 0.29) is 18.0 Å². The number of carbonyl (C=O) groups excluding carboxylic acids is 1. The Labute approximate surface area is 194 Å². The summed E-state index contributed by atoms with van der Waals surface area (Å²) in [5.41, 5.74) is 7.84. The van der Waals surface area contributed by atoms with Crippen LogP contribution < -0.4 is 5.32 Å². The first-order valence-corrected chi connectivity index (χ1v) is 11.8. The van der Waals surface area contributed by atoms with Gasteiger partial charge in [0.2, 0.25) is 0 Å². The van der Waals surface area contributed by atoms with Crippen molar-refractivity contribution in [2.45, 2.75) is 44.8 Å². The number of amides is 1. The van der Waals surface area contributed by atoms with Crippen LogP contribution in [0.4, 0.5) is 0 Å². The summed E-state index contributed by atoms with van der Waals surface area (Å²) in [5, 5.41) is 5.02. The lowest BCUT2D eigenvalue weighted by molar-refractivity contribution is 0.0816. The van der Waals surface area contributed by atoms with Crippen molar-refractivity contribution in [2.75, 3.05) is 7.05 Å². The monoisotopic (exact) mass is 436 g/mol. The van der Waals surface area contributed by atoms with Crippen LogP contribution in [0.3, 0.4) is 0 Å². The molecule has 0 saturated heterocycles. The highest BCUT2D eigenvalue weighted by Crippen LogP contribution is 2.40. The number of rotatable bonds is 4. The molecule has 4 nitrogen and oxygen atoms in total. The zero-order valence-electron chi connectivity index (χ0n) is 19.1. The largest absolute Gasteiger partial charge is 0.459 e. The first-order valence-electron chi connectivity index (χ1n) is 11.8. The molecule has 1 unspecified atom stereocenters. The maximum atomic E-state index is 12.3. The van der Waals surface area contributed by atoms with Gasteiger partial charge in [-0.1, -0.05) is 42.5 Å². The van der Waals surface area contributed by atoms with Crippen LogP contribution in [0.5, 0.6) is 0 Å². The SMILES string of the molecule is C[C@@H](NC1CCCc2c1oc1ccc(-c3ccc4c(c3)CN(C)C4=O)cc21)c1ccccc1. The number of benzene rings is 3. The summed E-state index contributed by atoms with van der Waals surface area (Å²) in [6, 6.07) is 23.8. The van der Waals surface area contributed by atoms with E-state index in [1.54, 1.807) is 4.90 Å². The number of aryl methyl sites for hydroxylation is 1. The van der Waals surface area contributed by atoms with Crippen LogP contribution in [0.25, 0.3) is 22.1 Å². The molecule has 166 valence electrons. The van der Waals surface area contributed by atoms with Crippen molar-refractivity contribution in [3.8, 4) is 11.1 Å². The predicted molar refractivity (Wildman–Crippen MR) is 131 cm³/mol. The van der Waals surface area contributed by atoms with Crippen molar-refractivity contribution in [3.05, 3.63) is 94.7 Å². The summed E-state index contributed by atoms with van der Waals surface area (Å²) in [4.78, 5) is 14.0. The lowest BCUT2D eigenvalue weighted by Crippen LogP contribution is -2.27. The van der Waals surface area contributed by atoms with Gasteiger partial charge in [0.15, 0.2) is 0 Å². The second-order valence-electron chi connectivity index (χ2n) is 9.43. The van der Waals surface area contributed by atoms with E-state index < -0.39 is 0 Å². The highest BCUT2D eigenvalue weighted by molar-refractivity contribution is 5.99. The van der Waals surface area contributed by atoms with Crippen molar-refractivity contribution in [1.29, 1.82) is 0 Å². The average Bonchev–Trinajstić information content (AvgIpc) is 3.36. The molecule has 1 aliphatic carbocycles. The van der Waals surface area contributed by atoms with Crippen LogP contribution in [-0.2, 0) is 13.0 Å². The molecule has 0 bridgehead atoms. The van der Waals surface area contributed by atoms with Gasteiger partial charge < -0.3 is 14.6 Å². The highest BCUT2D eigenvalue weighted by atomic mass is 16.3. The van der Waals surface area contributed by atoms with Gasteiger partial charge in [-0.05, 0) is 72.7 Å². The van der Waals surface area contributed by atoms with Crippen molar-refractivity contribution in [3.63, 3.8) is 0 Å². The van der Waals surface area contributed by atoms with E-state index in [1.165, 1.54) is 22.1 Å². The summed E-state index contributed by atoms with van der Waals surface area (Å²) in [7, 11) is 1.86. The minimum absolute atomic E-state index is 0.110. The van der Waals surface area contributed by atoms with Crippen molar-refractivity contribution in [1.82, 2.24) is 10.2 Å². The van der Waals surface area contributed by atoms with Gasteiger partial charge in [-0.15, -0.1) is 0 Å². The van der Waals surface area contributed by atoms with Crippen LogP contribution in [0.2, 0.25) is 0 Å². The summed E-state index contributed by atoms with van der Waals surface area (Å²) < 4.78 is 6.42. The molecule has 0 fully saturated rings. The fourth-order valence-electron chi connectivity index (χ4n) is 5.44. The molecule has 1 N–H and O–H groups in total. The Balaban J connectivity index is 1.34. The summed E-state index contributed by atoms with van der Waals surface area (Å²) in [6.07, 6.45) is 3.29. The molecule has 6 rings (SSSR count). The molecule has 0 spiro atoms. The molecule has 1 amide bonds. The predicted octanol–water partition coefficient (Wildman–Crippen LogP) is 6.41. The van der Waals surface area contributed by atoms with E-state index >= 15 is 0 Å². The van der Waals surface area contributed by atoms with Gasteiger partial charge in [0, 0.05) is 36.1 Å². The number of nitrogens with one attached hydrogen (secondary N) is 1. The lowest BCUT2D eigenvalue weighted by atomic mass is 9.90. The molecule has 3 aromatic carbocycles. The summed E-state index contributed by atoms with van der Waals surface area (Å²) in [6.45, 7) is 2.90. The lowest BCUT2D eigenvalue weighted by Gasteiger charge is -2.26. The van der Waals surface area contributed by atoms with E-state index in [0.717, 1.165) is 47.3 Å². The third-order valence-electron chi connectivity index (χ3n) is 7.23. The Morgan fingerprint density at radius 3 is 2.67 bits per heavy atom. The second-order valence-corrected chi connectivity index (χ2v) is 9.43. The summed E-state index contributed by atoms with van der Waals surface area (Å²) in [5.74, 6) is 1.21. The van der Waals surface area contributed by atoms with Gasteiger partial charge in [-0.3, -0.25) is 4.79 Å². The van der Waals surface area contributed by atoms with E-state index in [0.29, 0.717) is 6.54 Å². The average molecular weight is 437 g/mol. The number of furan rings is 1. The van der Waals surface area contributed by atoms with Gasteiger partial charge in [0.25, 0.3) is 5.91 Å². The third-order valence-corrected chi connectivity index (χ3v) is 7.23. The minimum Gasteiger partial charge on any atom is -0.459 e. The van der Waals surface area contributed by atoms with Gasteiger partial charge in [-0.2, -0.15) is 0 Å². The Morgan fingerprint density at radius 1 is 1.03 bits per heavy atom. The first kappa shape index (κ1) is 20.3. The van der Waals surface area contributed by atoms with Crippen LogP contribution in [0.1, 0.15) is 64.7 Å². The number of hydrogen-bond acceptors (Lipinski definition) is 3. The van der Waals surface area contributed by atoms with E-state index in [1.807, 2.05) is 13.1 Å². The molecule has 0 radical (unpaired) electrons. The zero-order chi connectivity index (χ0) is 22.5. The fraction of sp³-hybridized carbons (Fsp3) is 0.276. The number of carbonyl (C=O) groups is 1. The number of fused-ring (bicyclic) bond motifs is 4. The maximum Gasteiger partial charge on any atom is 0.254 e. The van der Waals surface area contributed by atoms with Gasteiger partial charge in [-0.25, -0.2) is 0 Å². The summed E-state index contributed by atoms with van der Waals surface area (Å²) >= 11 is 0. The molecule has 2 aliphatic rings. The smallest absolute Gasteiger partial charge is 0.254 e. The van der Waals surface area contributed by atoms with Gasteiger partial charge >= 0.3 is 0 Å². The molecule has 0 saturated carbocycles. The van der Waals surface area contributed by atoms with Crippen molar-refractivity contribution in [2.24, 2.45) is 0 Å². The minimum atomic E-state index is 0.110. The van der Waals surface area contributed by atoms with E-state index in [2.05, 4.69) is 72.9 Å². The normalized spacial score (nSPS) is 18.4. The molecule has 1 aromatic heterocycles. The molecular formula is C29H28N2O2. The molecule has 2 heterocycles. The van der Waals surface area contributed by atoms with Crippen LogP contribution in [0.15, 0.2) is 71.1 Å². The van der Waals surface area contributed by atoms with Gasteiger partial charge in [0.05, 0.1) is 6.04 Å². The molecule has 4 heteroatoms. The maximum absolute atomic E-state index is 12.3. The quantitative estimate of drug-likeness (QED) is 0.402. The first-order chi connectivity index (χ1) is 16.1. The molecule has 33 heavy (non-hydrogen) atoms. The van der Waals surface area contributed by atoms with Crippen LogP contribution in [0, 0.1) is 0 Å². The second kappa shape index (κ2) is 7.89.